The molecular formula is C5H3N2OSSi. The van der Waals surface area contributed by atoms with Gasteiger partial charge in [-0.25, -0.2) is 0 Å². The van der Waals surface area contributed by atoms with Gasteiger partial charge in [0.1, 0.15) is 14.9 Å². The molecule has 0 saturated heterocycles. The summed E-state index contributed by atoms with van der Waals surface area (Å²) in [6.45, 7) is 0. The summed E-state index contributed by atoms with van der Waals surface area (Å²) in [6.07, 6.45) is 1.56. The topological polar surface area (TPSA) is 35.0 Å². The van der Waals surface area contributed by atoms with Gasteiger partial charge in [0.2, 0.25) is 5.88 Å². The Balaban J connectivity index is 2.67. The van der Waals surface area contributed by atoms with Gasteiger partial charge in [-0.15, -0.1) is 5.10 Å². The van der Waals surface area contributed by atoms with Crippen LogP contribution in [0.2, 0.25) is 0 Å². The second-order valence-corrected chi connectivity index (χ2v) is 2.64. The molecule has 0 amide bonds. The zero-order chi connectivity index (χ0) is 7.40. The van der Waals surface area contributed by atoms with Gasteiger partial charge in [-0.05, 0) is 6.07 Å². The van der Waals surface area contributed by atoms with E-state index in [1.54, 1.807) is 18.3 Å². The molecule has 1 aromatic heterocycles. The van der Waals surface area contributed by atoms with Crippen molar-refractivity contribution >= 4 is 27.1 Å². The summed E-state index contributed by atoms with van der Waals surface area (Å²) in [5, 5.41) is 7.21. The van der Waals surface area contributed by atoms with Crippen LogP contribution in [0.1, 0.15) is 0 Å². The molecule has 1 rings (SSSR count). The van der Waals surface area contributed by atoms with Gasteiger partial charge in [0.25, 0.3) is 0 Å². The van der Waals surface area contributed by atoms with Crippen molar-refractivity contribution in [3.05, 3.63) is 18.3 Å². The third-order valence-corrected chi connectivity index (χ3v) is 0.930. The van der Waals surface area contributed by atoms with Gasteiger partial charge in [-0.1, -0.05) is 12.2 Å². The first-order valence-electron chi connectivity index (χ1n) is 2.50. The molecule has 0 unspecified atom stereocenters. The van der Waals surface area contributed by atoms with Crippen LogP contribution >= 0.6 is 12.2 Å². The lowest BCUT2D eigenvalue weighted by molar-refractivity contribution is 0.540. The maximum atomic E-state index is 4.89. The molecule has 0 N–H and O–H groups in total. The van der Waals surface area contributed by atoms with Crippen molar-refractivity contribution in [2.45, 2.75) is 0 Å². The fraction of sp³-hybridized carbons (Fsp3) is 0. The van der Waals surface area contributed by atoms with E-state index in [1.165, 1.54) is 0 Å². The number of hydrogen-bond acceptors (Lipinski definition) is 4. The van der Waals surface area contributed by atoms with Crippen LogP contribution in [0, 0.1) is 0 Å². The van der Waals surface area contributed by atoms with Gasteiger partial charge >= 0.3 is 0 Å². The Kier molecular flexibility index (Phi) is 2.47. The highest BCUT2D eigenvalue weighted by atomic mass is 32.1. The molecule has 0 aliphatic heterocycles. The predicted octanol–water partition coefficient (Wildman–Crippen LogP) is 0.309. The largest absolute Gasteiger partial charge is 0.437 e. The number of aromatic nitrogens is 2. The Morgan fingerprint density at radius 2 is 2.50 bits per heavy atom. The first kappa shape index (κ1) is 7.30. The molecule has 5 heteroatoms. The Bertz CT molecular complexity index is 228. The summed E-state index contributed by atoms with van der Waals surface area (Å²) < 4.78 is 5.14. The third kappa shape index (κ3) is 2.20. The lowest BCUT2D eigenvalue weighted by atomic mass is 10.6. The fourth-order valence-electron chi connectivity index (χ4n) is 0.437. The Morgan fingerprint density at radius 3 is 3.00 bits per heavy atom. The van der Waals surface area contributed by atoms with Gasteiger partial charge in [0, 0.05) is 12.3 Å². The van der Waals surface area contributed by atoms with Crippen molar-refractivity contribution in [3.63, 3.8) is 0 Å². The summed E-state index contributed by atoms with van der Waals surface area (Å²) in [5.74, 6) is 0.391. The number of rotatable bonds is 1. The quantitative estimate of drug-likeness (QED) is 0.445. The third-order valence-electron chi connectivity index (χ3n) is 0.745. The molecule has 3 radical (unpaired) electrons. The standard InChI is InChI=1S/C5H3N2OSSi/c9-5(10)8-4-2-1-3-6-7-4/h1-3H. The van der Waals surface area contributed by atoms with Crippen LogP contribution in [0.25, 0.3) is 0 Å². The summed E-state index contributed by atoms with van der Waals surface area (Å²) in [6, 6.07) is 3.38. The highest BCUT2D eigenvalue weighted by Crippen LogP contribution is 2.00. The number of nitrogens with zero attached hydrogens (tertiary/aromatic N) is 2. The highest BCUT2D eigenvalue weighted by Gasteiger charge is 1.92. The summed E-state index contributed by atoms with van der Waals surface area (Å²) in [7, 11) is 3.00. The SMILES string of the molecule is [Si]C(=S)Oc1cccnn1. The zero-order valence-electron chi connectivity index (χ0n) is 4.94. The highest BCUT2D eigenvalue weighted by molar-refractivity contribution is 7.82. The molecular weight excluding hydrogens is 164 g/mol. The smallest absolute Gasteiger partial charge is 0.238 e. The molecule has 0 aromatic carbocycles. The molecule has 1 aromatic rings. The monoisotopic (exact) mass is 167 g/mol. The predicted molar refractivity (Wildman–Crippen MR) is 41.0 cm³/mol. The van der Waals surface area contributed by atoms with Gasteiger partial charge in [0.15, 0.2) is 0 Å². The van der Waals surface area contributed by atoms with E-state index >= 15 is 0 Å². The molecule has 0 atom stereocenters. The fourth-order valence-corrected chi connectivity index (χ4v) is 0.627. The van der Waals surface area contributed by atoms with Crippen molar-refractivity contribution in [2.24, 2.45) is 0 Å². The van der Waals surface area contributed by atoms with Gasteiger partial charge in [0.05, 0.1) is 0 Å². The molecule has 10 heavy (non-hydrogen) atoms. The van der Waals surface area contributed by atoms with E-state index in [0.717, 1.165) is 0 Å². The van der Waals surface area contributed by atoms with Crippen LogP contribution in [0.4, 0.5) is 0 Å². The Hall–Kier alpha value is -0.813. The lowest BCUT2D eigenvalue weighted by Crippen LogP contribution is -2.05. The van der Waals surface area contributed by atoms with E-state index in [-0.39, 0.29) is 4.67 Å². The van der Waals surface area contributed by atoms with Gasteiger partial charge in [-0.3, -0.25) is 0 Å². The van der Waals surface area contributed by atoms with Crippen LogP contribution in [-0.4, -0.2) is 25.1 Å². The average Bonchev–Trinajstić information content (AvgIpc) is 1.88. The molecule has 0 spiro atoms. The number of hydrogen-bond donors (Lipinski definition) is 0. The first-order valence-corrected chi connectivity index (χ1v) is 3.41. The van der Waals surface area contributed by atoms with Gasteiger partial charge < -0.3 is 4.74 Å². The second kappa shape index (κ2) is 3.38. The molecule has 0 bridgehead atoms. The van der Waals surface area contributed by atoms with Crippen LogP contribution in [0.15, 0.2) is 18.3 Å². The zero-order valence-corrected chi connectivity index (χ0v) is 6.76. The molecule has 0 fully saturated rings. The van der Waals surface area contributed by atoms with E-state index in [9.17, 15) is 0 Å². The average molecular weight is 167 g/mol. The summed E-state index contributed by atoms with van der Waals surface area (Å²) >= 11 is 4.60. The lowest BCUT2D eigenvalue weighted by Gasteiger charge is -1.97. The van der Waals surface area contributed by atoms with Gasteiger partial charge in [-0.2, -0.15) is 5.10 Å². The number of ether oxygens (including phenoxy) is 1. The van der Waals surface area contributed by atoms with Crippen LogP contribution < -0.4 is 4.74 Å². The van der Waals surface area contributed by atoms with Crippen molar-refractivity contribution in [2.75, 3.05) is 0 Å². The second-order valence-electron chi connectivity index (χ2n) is 1.45. The van der Waals surface area contributed by atoms with E-state index in [2.05, 4.69) is 32.7 Å². The van der Waals surface area contributed by atoms with E-state index in [0.29, 0.717) is 5.88 Å². The first-order chi connectivity index (χ1) is 4.79. The summed E-state index contributed by atoms with van der Waals surface area (Å²) in [4.78, 5) is 0. The molecule has 49 valence electrons. The molecule has 0 aliphatic rings. The van der Waals surface area contributed by atoms with Crippen LogP contribution in [0.5, 0.6) is 5.88 Å². The minimum absolute atomic E-state index is 0.250. The van der Waals surface area contributed by atoms with Crippen molar-refractivity contribution in [3.8, 4) is 5.88 Å². The number of thiocarbonyl (C=S) groups is 1. The molecule has 1 heterocycles. The van der Waals surface area contributed by atoms with E-state index in [1.807, 2.05) is 0 Å². The minimum atomic E-state index is 0.250. The van der Waals surface area contributed by atoms with E-state index < -0.39 is 0 Å². The van der Waals surface area contributed by atoms with E-state index in [4.69, 9.17) is 4.74 Å². The van der Waals surface area contributed by atoms with Crippen LogP contribution in [-0.2, 0) is 0 Å². The maximum absolute atomic E-state index is 4.89. The van der Waals surface area contributed by atoms with Crippen LogP contribution in [0.3, 0.4) is 0 Å². The molecule has 0 saturated carbocycles. The molecule has 3 nitrogen and oxygen atoms in total. The normalized spacial score (nSPS) is 8.90. The molecule has 0 aliphatic carbocycles. The Labute approximate surface area is 66.8 Å². The van der Waals surface area contributed by atoms with Crippen molar-refractivity contribution < 1.29 is 4.74 Å². The van der Waals surface area contributed by atoms with Crippen molar-refractivity contribution in [1.82, 2.24) is 10.2 Å². The summed E-state index contributed by atoms with van der Waals surface area (Å²) in [5.41, 5.74) is 0. The Morgan fingerprint density at radius 1 is 1.70 bits per heavy atom. The van der Waals surface area contributed by atoms with Crippen molar-refractivity contribution in [1.29, 1.82) is 0 Å². The maximum Gasteiger partial charge on any atom is 0.238 e. The minimum Gasteiger partial charge on any atom is -0.437 e.